The molecule has 0 heteroatoms. The van der Waals surface area contributed by atoms with E-state index in [1.807, 2.05) is 0 Å². The zero-order valence-electron chi connectivity index (χ0n) is 11.3. The summed E-state index contributed by atoms with van der Waals surface area (Å²) in [7, 11) is 0. The van der Waals surface area contributed by atoms with Gasteiger partial charge < -0.3 is 0 Å². The van der Waals surface area contributed by atoms with Crippen molar-refractivity contribution in [1.82, 2.24) is 0 Å². The Morgan fingerprint density at radius 1 is 1.00 bits per heavy atom. The molecule has 0 fully saturated rings. The van der Waals surface area contributed by atoms with Gasteiger partial charge in [0.15, 0.2) is 0 Å². The highest BCUT2D eigenvalue weighted by Gasteiger charge is 2.14. The molecule has 0 aromatic rings. The Hall–Kier alpha value is -0.260. The Morgan fingerprint density at radius 3 is 2.07 bits per heavy atom. The molecule has 0 nitrogen and oxygen atoms in total. The minimum Gasteiger partial charge on any atom is -0.0996 e. The topological polar surface area (TPSA) is 0 Å². The van der Waals surface area contributed by atoms with E-state index in [0.717, 1.165) is 11.8 Å². The molecule has 0 aliphatic rings. The number of hydrogen-bond donors (Lipinski definition) is 0. The molecule has 0 aromatic heterocycles. The van der Waals surface area contributed by atoms with Gasteiger partial charge in [0.25, 0.3) is 0 Å². The molecule has 15 heavy (non-hydrogen) atoms. The summed E-state index contributed by atoms with van der Waals surface area (Å²) in [6.07, 6.45) is 9.17. The lowest BCUT2D eigenvalue weighted by atomic mass is 9.83. The first-order valence-corrected chi connectivity index (χ1v) is 6.83. The van der Waals surface area contributed by atoms with Gasteiger partial charge in [-0.15, -0.1) is 0 Å². The molecule has 0 amide bonds. The third-order valence-electron chi connectivity index (χ3n) is 3.25. The second-order valence-electron chi connectivity index (χ2n) is 5.02. The van der Waals surface area contributed by atoms with Gasteiger partial charge in [0.05, 0.1) is 0 Å². The van der Waals surface area contributed by atoms with Crippen LogP contribution in [-0.2, 0) is 0 Å². The highest BCUT2D eigenvalue weighted by Crippen LogP contribution is 2.28. The molecule has 0 spiro atoms. The van der Waals surface area contributed by atoms with Crippen molar-refractivity contribution in [2.75, 3.05) is 0 Å². The van der Waals surface area contributed by atoms with Crippen molar-refractivity contribution >= 4 is 0 Å². The molecule has 0 saturated heterocycles. The first-order valence-electron chi connectivity index (χ1n) is 6.83. The average Bonchev–Trinajstić information content (AvgIpc) is 2.18. The fourth-order valence-corrected chi connectivity index (χ4v) is 2.46. The Kier molecular flexibility index (Phi) is 8.85. The fourth-order valence-electron chi connectivity index (χ4n) is 2.46. The smallest absolute Gasteiger partial charge is 0.0203 e. The van der Waals surface area contributed by atoms with Crippen LogP contribution >= 0.6 is 0 Å². The van der Waals surface area contributed by atoms with E-state index in [0.29, 0.717) is 0 Å². The predicted molar refractivity (Wildman–Crippen MR) is 71.1 cm³/mol. The molecule has 90 valence electrons. The summed E-state index contributed by atoms with van der Waals surface area (Å²) in [5.74, 6) is 1.66. The van der Waals surface area contributed by atoms with Crippen molar-refractivity contribution in [3.8, 4) is 0 Å². The van der Waals surface area contributed by atoms with Gasteiger partial charge in [-0.2, -0.15) is 0 Å². The number of allylic oxidation sites excluding steroid dienone is 1. The highest BCUT2D eigenvalue weighted by atomic mass is 14.2. The molecular formula is C15H30. The van der Waals surface area contributed by atoms with E-state index in [1.165, 1.54) is 50.5 Å². The molecule has 0 aliphatic heterocycles. The lowest BCUT2D eigenvalue weighted by Crippen LogP contribution is -2.09. The molecule has 0 heterocycles. The van der Waals surface area contributed by atoms with Crippen LogP contribution in [-0.4, -0.2) is 0 Å². The molecular weight excluding hydrogens is 180 g/mol. The van der Waals surface area contributed by atoms with E-state index in [4.69, 9.17) is 0 Å². The average molecular weight is 210 g/mol. The third-order valence-corrected chi connectivity index (χ3v) is 3.25. The van der Waals surface area contributed by atoms with Crippen LogP contribution in [0.2, 0.25) is 0 Å². The minimum absolute atomic E-state index is 0.788. The Balaban J connectivity index is 4.07. The van der Waals surface area contributed by atoms with Crippen molar-refractivity contribution in [2.24, 2.45) is 11.8 Å². The third kappa shape index (κ3) is 6.76. The fraction of sp³-hybridized carbons (Fsp3) is 0.867. The van der Waals surface area contributed by atoms with E-state index in [1.54, 1.807) is 0 Å². The van der Waals surface area contributed by atoms with Crippen LogP contribution in [0.5, 0.6) is 0 Å². The van der Waals surface area contributed by atoms with E-state index >= 15 is 0 Å². The van der Waals surface area contributed by atoms with Gasteiger partial charge in [-0.05, 0) is 31.1 Å². The molecule has 0 aromatic carbocycles. The van der Waals surface area contributed by atoms with Gasteiger partial charge in [-0.1, -0.05) is 65.5 Å². The van der Waals surface area contributed by atoms with Gasteiger partial charge >= 0.3 is 0 Å². The molecule has 0 radical (unpaired) electrons. The summed E-state index contributed by atoms with van der Waals surface area (Å²) in [6, 6.07) is 0. The van der Waals surface area contributed by atoms with Crippen LogP contribution in [0.3, 0.4) is 0 Å². The van der Waals surface area contributed by atoms with Gasteiger partial charge in [-0.25, -0.2) is 0 Å². The Labute approximate surface area is 97.2 Å². The number of rotatable bonds is 9. The van der Waals surface area contributed by atoms with E-state index < -0.39 is 0 Å². The Morgan fingerprint density at radius 2 is 1.60 bits per heavy atom. The van der Waals surface area contributed by atoms with E-state index in [2.05, 4.69) is 34.3 Å². The summed E-state index contributed by atoms with van der Waals surface area (Å²) in [5, 5.41) is 0. The van der Waals surface area contributed by atoms with Gasteiger partial charge in [0, 0.05) is 0 Å². The molecule has 0 saturated carbocycles. The first-order chi connectivity index (χ1) is 7.15. The molecule has 0 aliphatic carbocycles. The maximum absolute atomic E-state index is 4.28. The van der Waals surface area contributed by atoms with Crippen molar-refractivity contribution in [2.45, 2.75) is 72.6 Å². The second kappa shape index (κ2) is 9.00. The van der Waals surface area contributed by atoms with Crippen molar-refractivity contribution in [1.29, 1.82) is 0 Å². The van der Waals surface area contributed by atoms with Crippen LogP contribution in [0.25, 0.3) is 0 Å². The zero-order valence-corrected chi connectivity index (χ0v) is 11.3. The normalized spacial score (nSPS) is 14.9. The largest absolute Gasteiger partial charge is 0.0996 e. The summed E-state index contributed by atoms with van der Waals surface area (Å²) in [4.78, 5) is 0. The standard InChI is InChI=1S/C15H30/c1-6-9-13(4)12-15(11-8-3)14(5)10-7-2/h13,15H,5-12H2,1-4H3. The SMILES string of the molecule is C=C(CCC)C(CCC)CC(C)CCC. The molecule has 0 rings (SSSR count). The van der Waals surface area contributed by atoms with Crippen molar-refractivity contribution < 1.29 is 0 Å². The maximum Gasteiger partial charge on any atom is -0.0203 e. The Bertz CT molecular complexity index is 157. The molecule has 2 atom stereocenters. The second-order valence-corrected chi connectivity index (χ2v) is 5.02. The van der Waals surface area contributed by atoms with Crippen molar-refractivity contribution in [3.63, 3.8) is 0 Å². The first kappa shape index (κ1) is 14.7. The van der Waals surface area contributed by atoms with Crippen LogP contribution in [0.4, 0.5) is 0 Å². The lowest BCUT2D eigenvalue weighted by Gasteiger charge is -2.22. The monoisotopic (exact) mass is 210 g/mol. The van der Waals surface area contributed by atoms with Gasteiger partial charge in [-0.3, -0.25) is 0 Å². The summed E-state index contributed by atoms with van der Waals surface area (Å²) in [6.45, 7) is 13.5. The van der Waals surface area contributed by atoms with Gasteiger partial charge in [0.1, 0.15) is 0 Å². The minimum atomic E-state index is 0.788. The van der Waals surface area contributed by atoms with E-state index in [-0.39, 0.29) is 0 Å². The van der Waals surface area contributed by atoms with Crippen LogP contribution in [0.1, 0.15) is 72.6 Å². The predicted octanol–water partition coefficient (Wildman–Crippen LogP) is 5.59. The molecule has 0 N–H and O–H groups in total. The quantitative estimate of drug-likeness (QED) is 0.435. The lowest BCUT2D eigenvalue weighted by molar-refractivity contribution is 0.381. The van der Waals surface area contributed by atoms with E-state index in [9.17, 15) is 0 Å². The summed E-state index contributed by atoms with van der Waals surface area (Å²) < 4.78 is 0. The number of hydrogen-bond acceptors (Lipinski definition) is 0. The summed E-state index contributed by atoms with van der Waals surface area (Å²) >= 11 is 0. The molecule has 0 bridgehead atoms. The molecule has 2 unspecified atom stereocenters. The van der Waals surface area contributed by atoms with Crippen LogP contribution in [0, 0.1) is 11.8 Å². The summed E-state index contributed by atoms with van der Waals surface area (Å²) in [5.41, 5.74) is 1.50. The van der Waals surface area contributed by atoms with Crippen molar-refractivity contribution in [3.05, 3.63) is 12.2 Å². The van der Waals surface area contributed by atoms with Crippen LogP contribution in [0.15, 0.2) is 12.2 Å². The van der Waals surface area contributed by atoms with Gasteiger partial charge in [0.2, 0.25) is 0 Å². The van der Waals surface area contributed by atoms with Crippen LogP contribution < -0.4 is 0 Å². The highest BCUT2D eigenvalue weighted by molar-refractivity contribution is 5.00. The maximum atomic E-state index is 4.28. The zero-order chi connectivity index (χ0) is 11.7.